The normalized spacial score (nSPS) is 10.5. The Bertz CT molecular complexity index is 1270. The molecule has 2 aromatic carbocycles. The Hall–Kier alpha value is -4.46. The number of amides is 2. The molecule has 4 rings (SSSR count). The summed E-state index contributed by atoms with van der Waals surface area (Å²) >= 11 is 0. The van der Waals surface area contributed by atoms with E-state index in [9.17, 15) is 4.79 Å². The van der Waals surface area contributed by atoms with E-state index in [1.807, 2.05) is 67.6 Å². The first kappa shape index (κ1) is 23.7. The van der Waals surface area contributed by atoms with E-state index in [0.717, 1.165) is 47.0 Å². The van der Waals surface area contributed by atoms with E-state index in [4.69, 9.17) is 0 Å². The lowest BCUT2D eigenvalue weighted by Gasteiger charge is -2.21. The van der Waals surface area contributed by atoms with Gasteiger partial charge in [0.1, 0.15) is 0 Å². The Kier molecular flexibility index (Phi) is 7.52. The van der Waals surface area contributed by atoms with Crippen LogP contribution in [0.2, 0.25) is 0 Å². The van der Waals surface area contributed by atoms with Gasteiger partial charge in [0.2, 0.25) is 5.95 Å². The molecule has 0 saturated carbocycles. The molecule has 178 valence electrons. The smallest absolute Gasteiger partial charge is 0.323 e. The molecule has 0 saturated heterocycles. The van der Waals surface area contributed by atoms with Crippen LogP contribution in [0.15, 0.2) is 79.3 Å². The van der Waals surface area contributed by atoms with Gasteiger partial charge in [0.25, 0.3) is 0 Å². The van der Waals surface area contributed by atoms with Gasteiger partial charge in [0.05, 0.1) is 5.69 Å². The monoisotopic (exact) mass is 467 g/mol. The molecule has 0 fully saturated rings. The number of aromatic nitrogens is 3. The molecule has 2 amide bonds. The van der Waals surface area contributed by atoms with Crippen LogP contribution in [-0.2, 0) is 0 Å². The lowest BCUT2D eigenvalue weighted by molar-refractivity contribution is 0.262. The summed E-state index contributed by atoms with van der Waals surface area (Å²) in [5.74, 6) is 0.462. The number of nitrogens with one attached hydrogen (secondary N) is 3. The molecule has 0 radical (unpaired) electrons. The molecular formula is C27H29N7O. The van der Waals surface area contributed by atoms with Gasteiger partial charge in [0.15, 0.2) is 0 Å². The van der Waals surface area contributed by atoms with Gasteiger partial charge in [-0.25, -0.2) is 14.8 Å². The molecule has 0 aliphatic heterocycles. The summed E-state index contributed by atoms with van der Waals surface area (Å²) in [6.45, 7) is 8.10. The van der Waals surface area contributed by atoms with Crippen molar-refractivity contribution in [2.45, 2.75) is 20.8 Å². The minimum absolute atomic E-state index is 0.315. The summed E-state index contributed by atoms with van der Waals surface area (Å²) in [6.07, 6.45) is 5.19. The SMILES string of the molecule is CCN(CC)c1ccc(NC(=O)Nc2ccc(C)c(Nc3nccc(-c4cccnc4)n3)c2)cc1. The minimum atomic E-state index is -0.315. The van der Waals surface area contributed by atoms with Crippen molar-refractivity contribution in [2.75, 3.05) is 33.9 Å². The lowest BCUT2D eigenvalue weighted by Crippen LogP contribution is -2.22. The Morgan fingerprint density at radius 3 is 2.37 bits per heavy atom. The van der Waals surface area contributed by atoms with E-state index < -0.39 is 0 Å². The number of urea groups is 1. The molecule has 35 heavy (non-hydrogen) atoms. The number of pyridine rings is 1. The number of nitrogens with zero attached hydrogens (tertiary/aromatic N) is 4. The van der Waals surface area contributed by atoms with Crippen LogP contribution in [-0.4, -0.2) is 34.1 Å². The van der Waals surface area contributed by atoms with Crippen LogP contribution in [0.1, 0.15) is 19.4 Å². The number of benzene rings is 2. The van der Waals surface area contributed by atoms with Crippen LogP contribution in [0.5, 0.6) is 0 Å². The summed E-state index contributed by atoms with van der Waals surface area (Å²) in [6, 6.07) is 18.8. The number of aryl methyl sites for hydroxylation is 1. The van der Waals surface area contributed by atoms with Crippen molar-refractivity contribution >= 4 is 34.7 Å². The summed E-state index contributed by atoms with van der Waals surface area (Å²) < 4.78 is 0. The van der Waals surface area contributed by atoms with Gasteiger partial charge >= 0.3 is 6.03 Å². The second kappa shape index (κ2) is 11.1. The van der Waals surface area contributed by atoms with Gasteiger partial charge in [-0.05, 0) is 80.9 Å². The topological polar surface area (TPSA) is 95.1 Å². The van der Waals surface area contributed by atoms with Crippen molar-refractivity contribution in [1.82, 2.24) is 15.0 Å². The lowest BCUT2D eigenvalue weighted by atomic mass is 10.2. The number of carbonyl (C=O) groups is 1. The zero-order valence-electron chi connectivity index (χ0n) is 20.1. The zero-order valence-corrected chi connectivity index (χ0v) is 20.1. The molecular weight excluding hydrogens is 438 g/mol. The van der Waals surface area contributed by atoms with Crippen LogP contribution in [0, 0.1) is 6.92 Å². The summed E-state index contributed by atoms with van der Waals surface area (Å²) in [5, 5.41) is 9.03. The Balaban J connectivity index is 1.43. The summed E-state index contributed by atoms with van der Waals surface area (Å²) in [5.41, 5.74) is 5.99. The molecule has 0 spiro atoms. The maximum absolute atomic E-state index is 12.6. The van der Waals surface area contributed by atoms with E-state index in [0.29, 0.717) is 11.6 Å². The van der Waals surface area contributed by atoms with Gasteiger partial charge in [-0.2, -0.15) is 0 Å². The maximum Gasteiger partial charge on any atom is 0.323 e. The molecule has 0 bridgehead atoms. The average Bonchev–Trinajstić information content (AvgIpc) is 2.88. The van der Waals surface area contributed by atoms with Crippen LogP contribution in [0.4, 0.5) is 33.5 Å². The molecule has 0 atom stereocenters. The number of hydrogen-bond acceptors (Lipinski definition) is 6. The number of rotatable bonds is 8. The van der Waals surface area contributed by atoms with Gasteiger partial charge < -0.3 is 20.9 Å². The summed E-state index contributed by atoms with van der Waals surface area (Å²) in [7, 11) is 0. The Morgan fingerprint density at radius 2 is 1.66 bits per heavy atom. The fraction of sp³-hybridized carbons (Fsp3) is 0.185. The minimum Gasteiger partial charge on any atom is -0.372 e. The van der Waals surface area contributed by atoms with Crippen molar-refractivity contribution in [2.24, 2.45) is 0 Å². The van der Waals surface area contributed by atoms with E-state index in [1.165, 1.54) is 0 Å². The Morgan fingerprint density at radius 1 is 0.914 bits per heavy atom. The van der Waals surface area contributed by atoms with E-state index in [1.54, 1.807) is 18.6 Å². The van der Waals surface area contributed by atoms with E-state index >= 15 is 0 Å². The van der Waals surface area contributed by atoms with Crippen LogP contribution in [0.3, 0.4) is 0 Å². The largest absolute Gasteiger partial charge is 0.372 e. The number of anilines is 5. The van der Waals surface area contributed by atoms with Crippen molar-refractivity contribution in [3.8, 4) is 11.3 Å². The molecule has 0 aliphatic rings. The van der Waals surface area contributed by atoms with Gasteiger partial charge in [-0.15, -0.1) is 0 Å². The van der Waals surface area contributed by atoms with Crippen LogP contribution < -0.4 is 20.9 Å². The molecule has 0 unspecified atom stereocenters. The van der Waals surface area contributed by atoms with Gasteiger partial charge in [0, 0.05) is 60.0 Å². The van der Waals surface area contributed by atoms with Gasteiger partial charge in [-0.1, -0.05) is 6.07 Å². The van der Waals surface area contributed by atoms with E-state index in [2.05, 4.69) is 49.6 Å². The van der Waals surface area contributed by atoms with Crippen molar-refractivity contribution < 1.29 is 4.79 Å². The molecule has 8 heteroatoms. The first-order valence-electron chi connectivity index (χ1n) is 11.6. The second-order valence-corrected chi connectivity index (χ2v) is 7.96. The highest BCUT2D eigenvalue weighted by Gasteiger charge is 2.09. The Labute approximate surface area is 205 Å². The summed E-state index contributed by atoms with van der Waals surface area (Å²) in [4.78, 5) is 27.9. The first-order chi connectivity index (χ1) is 17.1. The standard InChI is InChI=1S/C27H29N7O/c1-4-34(5-2)23-12-10-21(11-13-23)30-27(35)31-22-9-8-19(3)25(17-22)33-26-29-16-14-24(32-26)20-7-6-15-28-18-20/h6-18H,4-5H2,1-3H3,(H,29,32,33)(H2,30,31,35). The van der Waals surface area contributed by atoms with E-state index in [-0.39, 0.29) is 6.03 Å². The van der Waals surface area contributed by atoms with Crippen molar-refractivity contribution in [3.05, 3.63) is 84.8 Å². The molecule has 8 nitrogen and oxygen atoms in total. The third kappa shape index (κ3) is 6.11. The highest BCUT2D eigenvalue weighted by Crippen LogP contribution is 2.25. The molecule has 0 aliphatic carbocycles. The highest BCUT2D eigenvalue weighted by atomic mass is 16.2. The quantitative estimate of drug-likeness (QED) is 0.291. The maximum atomic E-state index is 12.6. The first-order valence-corrected chi connectivity index (χ1v) is 11.6. The second-order valence-electron chi connectivity index (χ2n) is 7.96. The fourth-order valence-electron chi connectivity index (χ4n) is 3.69. The molecule has 2 heterocycles. The van der Waals surface area contributed by atoms with Crippen LogP contribution in [0.25, 0.3) is 11.3 Å². The van der Waals surface area contributed by atoms with Crippen molar-refractivity contribution in [3.63, 3.8) is 0 Å². The van der Waals surface area contributed by atoms with Crippen LogP contribution >= 0.6 is 0 Å². The highest BCUT2D eigenvalue weighted by molar-refractivity contribution is 6.00. The average molecular weight is 468 g/mol. The molecule has 2 aromatic heterocycles. The molecule has 3 N–H and O–H groups in total. The fourth-order valence-corrected chi connectivity index (χ4v) is 3.69. The molecule has 4 aromatic rings. The predicted molar refractivity (Wildman–Crippen MR) is 142 cm³/mol. The third-order valence-electron chi connectivity index (χ3n) is 5.61. The third-order valence-corrected chi connectivity index (χ3v) is 5.61. The zero-order chi connectivity index (χ0) is 24.6. The number of carbonyl (C=O) groups excluding carboxylic acids is 1. The predicted octanol–water partition coefficient (Wildman–Crippen LogP) is 6.08. The number of hydrogen-bond donors (Lipinski definition) is 3. The van der Waals surface area contributed by atoms with Gasteiger partial charge in [-0.3, -0.25) is 4.98 Å². The van der Waals surface area contributed by atoms with Crippen molar-refractivity contribution in [1.29, 1.82) is 0 Å².